The number of nitrogens with one attached hydrogen (secondary N) is 2. The minimum Gasteiger partial charge on any atom is -0.464 e. The molecule has 0 radical (unpaired) electrons. The summed E-state index contributed by atoms with van der Waals surface area (Å²) in [6.07, 6.45) is 4.29. The van der Waals surface area contributed by atoms with Gasteiger partial charge in [0, 0.05) is 81.3 Å². The van der Waals surface area contributed by atoms with Gasteiger partial charge < -0.3 is 33.9 Å². The van der Waals surface area contributed by atoms with Crippen LogP contribution < -0.4 is 10.7 Å². The fraction of sp³-hybridized carbons (Fsp3) is 0.519. The van der Waals surface area contributed by atoms with Gasteiger partial charge in [-0.25, -0.2) is 5.43 Å². The second-order valence-electron chi connectivity index (χ2n) is 20.1. The fourth-order valence-electron chi connectivity index (χ4n) is 10.3. The Hall–Kier alpha value is -6.08. The molecule has 2 N–H and O–H groups in total. The van der Waals surface area contributed by atoms with E-state index in [0.29, 0.717) is 51.9 Å². The van der Waals surface area contributed by atoms with Crippen molar-refractivity contribution in [3.8, 4) is 34.2 Å². The zero-order valence-electron chi connectivity index (χ0n) is 41.3. The molecular formula is C54H67N7O8. The van der Waals surface area contributed by atoms with Crippen LogP contribution in [0.25, 0.3) is 33.3 Å². The van der Waals surface area contributed by atoms with Crippen molar-refractivity contribution >= 4 is 40.5 Å². The number of likely N-dealkylation sites (tertiary alicyclic amines) is 1. The first-order chi connectivity index (χ1) is 33.1. The summed E-state index contributed by atoms with van der Waals surface area (Å²) in [5, 5.41) is 5.58. The maximum Gasteiger partial charge on any atom is 0.324 e. The molecule has 0 spiro atoms. The Labute approximate surface area is 405 Å². The van der Waals surface area contributed by atoms with E-state index in [1.54, 1.807) is 25.3 Å². The minimum atomic E-state index is -1.06. The quantitative estimate of drug-likeness (QED) is 0.153. The van der Waals surface area contributed by atoms with Crippen molar-refractivity contribution in [3.63, 3.8) is 0 Å². The zero-order chi connectivity index (χ0) is 49.1. The average molecular weight is 942 g/mol. The number of likely N-dealkylation sites (N-methyl/N-ethyl adjacent to an activating group) is 1. The molecule has 6 atom stereocenters. The minimum absolute atomic E-state index is 0.132. The molecule has 69 heavy (non-hydrogen) atoms. The molecule has 3 saturated heterocycles. The van der Waals surface area contributed by atoms with Crippen molar-refractivity contribution in [1.82, 2.24) is 35.1 Å². The summed E-state index contributed by atoms with van der Waals surface area (Å²) in [4.78, 5) is 78.2. The van der Waals surface area contributed by atoms with Gasteiger partial charge in [-0.05, 0) is 97.9 Å². The molecule has 3 fully saturated rings. The molecule has 366 valence electrons. The van der Waals surface area contributed by atoms with Gasteiger partial charge in [-0.3, -0.25) is 34.0 Å². The molecule has 0 aliphatic carbocycles. The SMILES string of the molecule is CCn1c(-c2cccnc2[C@H](C)OC)c2c3cc(ccc31)-c1cccc(c1)C[C@H](NC(=O)[C@H](C(C)C)N(C)C(=O)C1CCN(C(=O)C#C[C@H]3CCO3)C1)C(=O)N1CCC[C@H](N1)C(=O)OCC(C)(C)C2. The number of ether oxygens (including phenoxy) is 3. The van der Waals surface area contributed by atoms with E-state index in [-0.39, 0.29) is 49.5 Å². The van der Waals surface area contributed by atoms with Crippen LogP contribution in [0.1, 0.15) is 90.2 Å². The lowest BCUT2D eigenvalue weighted by Crippen LogP contribution is -2.62. The number of aromatic nitrogens is 2. The number of fused-ring (bicyclic) bond motifs is 6. The van der Waals surface area contributed by atoms with Crippen LogP contribution in [0.4, 0.5) is 0 Å². The number of hydrogen-bond donors (Lipinski definition) is 2. The molecular weight excluding hydrogens is 875 g/mol. The average Bonchev–Trinajstić information content (AvgIpc) is 3.94. The lowest BCUT2D eigenvalue weighted by atomic mass is 9.84. The summed E-state index contributed by atoms with van der Waals surface area (Å²) in [5.41, 5.74) is 10.4. The third kappa shape index (κ3) is 10.6. The molecule has 2 aromatic heterocycles. The van der Waals surface area contributed by atoms with Gasteiger partial charge in [0.25, 0.3) is 11.8 Å². The van der Waals surface area contributed by atoms with Gasteiger partial charge in [-0.2, -0.15) is 0 Å². The molecule has 4 amide bonds. The van der Waals surface area contributed by atoms with Gasteiger partial charge in [0.15, 0.2) is 0 Å². The molecule has 4 aromatic rings. The van der Waals surface area contributed by atoms with Gasteiger partial charge in [0.1, 0.15) is 24.2 Å². The van der Waals surface area contributed by atoms with E-state index in [2.05, 4.69) is 84.3 Å². The summed E-state index contributed by atoms with van der Waals surface area (Å²) in [5.74, 6) is 2.75. The third-order valence-corrected chi connectivity index (χ3v) is 14.2. The van der Waals surface area contributed by atoms with Crippen molar-refractivity contribution in [1.29, 1.82) is 0 Å². The van der Waals surface area contributed by atoms with Gasteiger partial charge in [-0.1, -0.05) is 63.9 Å². The Morgan fingerprint density at radius 2 is 1.81 bits per heavy atom. The molecule has 6 bridgehead atoms. The van der Waals surface area contributed by atoms with Crippen LogP contribution in [-0.4, -0.2) is 125 Å². The molecule has 6 heterocycles. The number of carbonyl (C=O) groups is 5. The van der Waals surface area contributed by atoms with Crippen LogP contribution in [0.2, 0.25) is 0 Å². The van der Waals surface area contributed by atoms with E-state index in [1.807, 2.05) is 39.0 Å². The predicted molar refractivity (Wildman–Crippen MR) is 262 cm³/mol. The Kier molecular flexibility index (Phi) is 14.9. The molecule has 1 unspecified atom stereocenters. The summed E-state index contributed by atoms with van der Waals surface area (Å²) >= 11 is 0. The highest BCUT2D eigenvalue weighted by molar-refractivity contribution is 5.97. The first-order valence-electron chi connectivity index (χ1n) is 24.5. The number of hydrogen-bond acceptors (Lipinski definition) is 10. The van der Waals surface area contributed by atoms with Crippen LogP contribution in [0.15, 0.2) is 60.8 Å². The number of benzene rings is 2. The molecule has 0 saturated carbocycles. The van der Waals surface area contributed by atoms with Gasteiger partial charge >= 0.3 is 5.97 Å². The Morgan fingerprint density at radius 1 is 1.03 bits per heavy atom. The van der Waals surface area contributed by atoms with Crippen LogP contribution in [0.5, 0.6) is 0 Å². The largest absolute Gasteiger partial charge is 0.464 e. The number of methoxy groups -OCH3 is 1. The molecule has 4 aliphatic rings. The molecule has 8 rings (SSSR count). The molecule has 15 heteroatoms. The summed E-state index contributed by atoms with van der Waals surface area (Å²) in [7, 11) is 3.30. The van der Waals surface area contributed by atoms with Gasteiger partial charge in [-0.15, -0.1) is 0 Å². The first kappa shape index (κ1) is 49.3. The third-order valence-electron chi connectivity index (χ3n) is 14.2. The molecule has 2 aromatic carbocycles. The smallest absolute Gasteiger partial charge is 0.324 e. The normalized spacial score (nSPS) is 22.4. The summed E-state index contributed by atoms with van der Waals surface area (Å²) in [6, 6.07) is 15.8. The van der Waals surface area contributed by atoms with Crippen molar-refractivity contribution in [2.24, 2.45) is 17.3 Å². The summed E-state index contributed by atoms with van der Waals surface area (Å²) < 4.78 is 19.6. The molecule has 4 aliphatic heterocycles. The number of amides is 4. The molecule has 15 nitrogen and oxygen atoms in total. The monoisotopic (exact) mass is 942 g/mol. The topological polar surface area (TPSA) is 165 Å². The Balaban J connectivity index is 1.13. The highest BCUT2D eigenvalue weighted by Gasteiger charge is 2.40. The second-order valence-corrected chi connectivity index (χ2v) is 20.1. The highest BCUT2D eigenvalue weighted by atomic mass is 16.5. The lowest BCUT2D eigenvalue weighted by molar-refractivity contribution is -0.155. The number of pyridine rings is 1. The number of hydrazine groups is 1. The van der Waals surface area contributed by atoms with Crippen LogP contribution in [0, 0.1) is 29.1 Å². The standard InChI is InChI=1S/C54H67N7O8/c1-9-60-45-19-17-37-29-41(45)42(49(60)40-15-11-23-55-47(40)34(4)67-8)30-54(5,6)32-69-53(66)43-16-12-24-61(57-43)52(65)44(28-35-13-10-14-36(37)27-35)56-50(63)48(33(2)3)58(7)51(64)38-21-25-59(31-38)46(62)20-18-39-22-26-68-39/h10-11,13-15,17,19,23,27,29,33-34,38-39,43-44,48,57H,9,12,16,21-22,24-26,28,30-32H2,1-8H3,(H,56,63)/t34-,38?,39-,43-,44-,48-/m0/s1. The van der Waals surface area contributed by atoms with E-state index in [4.69, 9.17) is 19.2 Å². The zero-order valence-corrected chi connectivity index (χ0v) is 41.3. The van der Waals surface area contributed by atoms with Crippen molar-refractivity contribution in [2.75, 3.05) is 47.0 Å². The first-order valence-corrected chi connectivity index (χ1v) is 24.5. The number of carbonyl (C=O) groups excluding carboxylic acids is 5. The van der Waals surface area contributed by atoms with E-state index in [0.717, 1.165) is 56.5 Å². The number of rotatable bonds is 9. The maximum atomic E-state index is 14.8. The van der Waals surface area contributed by atoms with Gasteiger partial charge in [0.2, 0.25) is 11.8 Å². The predicted octanol–water partition coefficient (Wildman–Crippen LogP) is 5.87. The van der Waals surface area contributed by atoms with Gasteiger partial charge in [0.05, 0.1) is 36.6 Å². The fourth-order valence-corrected chi connectivity index (χ4v) is 10.3. The second kappa shape index (κ2) is 20.9. The van der Waals surface area contributed by atoms with E-state index < -0.39 is 47.2 Å². The van der Waals surface area contributed by atoms with Crippen molar-refractivity contribution in [2.45, 2.75) is 117 Å². The maximum absolute atomic E-state index is 14.8. The number of aryl methyl sites for hydroxylation is 1. The van der Waals surface area contributed by atoms with Crippen LogP contribution >= 0.6 is 0 Å². The highest BCUT2D eigenvalue weighted by Crippen LogP contribution is 2.42. The van der Waals surface area contributed by atoms with E-state index >= 15 is 0 Å². The van der Waals surface area contributed by atoms with Crippen LogP contribution in [-0.2, 0) is 57.6 Å². The Morgan fingerprint density at radius 3 is 2.54 bits per heavy atom. The Bertz CT molecular complexity index is 2660. The van der Waals surface area contributed by atoms with E-state index in [1.165, 1.54) is 9.91 Å². The van der Waals surface area contributed by atoms with Crippen molar-refractivity contribution in [3.05, 3.63) is 77.6 Å². The van der Waals surface area contributed by atoms with Crippen molar-refractivity contribution < 1.29 is 38.2 Å². The number of cyclic esters (lactones) is 1. The van der Waals surface area contributed by atoms with E-state index in [9.17, 15) is 24.0 Å². The summed E-state index contributed by atoms with van der Waals surface area (Å²) in [6.45, 7) is 14.5. The lowest BCUT2D eigenvalue weighted by Gasteiger charge is -2.37. The van der Waals surface area contributed by atoms with Crippen LogP contribution in [0.3, 0.4) is 0 Å². The number of nitrogens with zero attached hydrogens (tertiary/aromatic N) is 5. The number of esters is 1.